The summed E-state index contributed by atoms with van der Waals surface area (Å²) in [6.45, 7) is 8.09. The second-order valence-corrected chi connectivity index (χ2v) is 7.62. The van der Waals surface area contributed by atoms with Crippen molar-refractivity contribution in [2.75, 3.05) is 31.2 Å². The van der Waals surface area contributed by atoms with Crippen LogP contribution in [0.1, 0.15) is 33.6 Å². The quantitative estimate of drug-likeness (QED) is 0.761. The highest BCUT2D eigenvalue weighted by atomic mass is 32.2. The molecule has 0 aliphatic rings. The van der Waals surface area contributed by atoms with Crippen molar-refractivity contribution in [1.82, 2.24) is 4.90 Å². The number of hydrogen-bond acceptors (Lipinski definition) is 4. The van der Waals surface area contributed by atoms with Crippen molar-refractivity contribution in [3.8, 4) is 0 Å². The van der Waals surface area contributed by atoms with E-state index in [0.717, 1.165) is 25.2 Å². The summed E-state index contributed by atoms with van der Waals surface area (Å²) in [5, 5.41) is 3.33. The molecule has 1 atom stereocenters. The van der Waals surface area contributed by atoms with Gasteiger partial charge in [0.15, 0.2) is 9.84 Å². The molecule has 5 heteroatoms. The first-order chi connectivity index (χ1) is 9.90. The predicted molar refractivity (Wildman–Crippen MR) is 89.7 cm³/mol. The van der Waals surface area contributed by atoms with Gasteiger partial charge < -0.3 is 10.2 Å². The molecule has 0 aliphatic heterocycles. The van der Waals surface area contributed by atoms with Crippen LogP contribution >= 0.6 is 0 Å². The van der Waals surface area contributed by atoms with Crippen molar-refractivity contribution >= 4 is 15.5 Å². The van der Waals surface area contributed by atoms with Crippen LogP contribution in [0.3, 0.4) is 0 Å². The summed E-state index contributed by atoms with van der Waals surface area (Å²) in [6.07, 6.45) is 1.78. The number of sulfone groups is 1. The first-order valence-corrected chi connectivity index (χ1v) is 9.32. The van der Waals surface area contributed by atoms with E-state index >= 15 is 0 Å². The summed E-state index contributed by atoms with van der Waals surface area (Å²) in [4.78, 5) is 2.72. The zero-order valence-electron chi connectivity index (χ0n) is 13.6. The number of likely N-dealkylation sites (N-methyl/N-ethyl adjacent to an activating group) is 1. The maximum atomic E-state index is 11.9. The molecule has 0 aliphatic carbocycles. The van der Waals surface area contributed by atoms with Crippen LogP contribution in [0, 0.1) is 0 Å². The average molecular weight is 312 g/mol. The van der Waals surface area contributed by atoms with Gasteiger partial charge in [0, 0.05) is 24.8 Å². The van der Waals surface area contributed by atoms with E-state index in [0.29, 0.717) is 17.4 Å². The van der Waals surface area contributed by atoms with Crippen molar-refractivity contribution in [3.05, 3.63) is 24.3 Å². The van der Waals surface area contributed by atoms with Crippen molar-refractivity contribution in [1.29, 1.82) is 0 Å². The van der Waals surface area contributed by atoms with Crippen LogP contribution in [0.15, 0.2) is 29.2 Å². The highest BCUT2D eigenvalue weighted by Gasteiger charge is 2.12. The molecule has 4 nitrogen and oxygen atoms in total. The molecule has 1 unspecified atom stereocenters. The molecule has 1 aromatic carbocycles. The van der Waals surface area contributed by atoms with E-state index in [-0.39, 0.29) is 5.75 Å². The lowest BCUT2D eigenvalue weighted by molar-refractivity contribution is 0.261. The zero-order valence-corrected chi connectivity index (χ0v) is 14.4. The topological polar surface area (TPSA) is 49.4 Å². The van der Waals surface area contributed by atoms with Crippen LogP contribution in [-0.4, -0.2) is 45.2 Å². The molecular formula is C16H28N2O2S. The summed E-state index contributed by atoms with van der Waals surface area (Å²) in [5.74, 6) is 0.208. The number of nitrogens with zero attached hydrogens (tertiary/aromatic N) is 1. The fraction of sp³-hybridized carbons (Fsp3) is 0.625. The fourth-order valence-electron chi connectivity index (χ4n) is 2.08. The minimum Gasteiger partial charge on any atom is -0.384 e. The van der Waals surface area contributed by atoms with E-state index in [9.17, 15) is 8.42 Å². The molecule has 0 heterocycles. The molecule has 0 radical (unpaired) electrons. The molecule has 0 bridgehead atoms. The SMILES string of the molecule is CCCS(=O)(=O)c1ccc(NCCN(C)C(C)CC)cc1. The number of rotatable bonds is 9. The molecule has 0 aromatic heterocycles. The number of anilines is 1. The van der Waals surface area contributed by atoms with Crippen LogP contribution in [0.5, 0.6) is 0 Å². The summed E-state index contributed by atoms with van der Waals surface area (Å²) < 4.78 is 23.9. The van der Waals surface area contributed by atoms with Gasteiger partial charge in [-0.1, -0.05) is 13.8 Å². The zero-order chi connectivity index (χ0) is 15.9. The normalized spacial score (nSPS) is 13.4. The minimum absolute atomic E-state index is 0.208. The molecular weight excluding hydrogens is 284 g/mol. The Bertz CT molecular complexity index is 512. The van der Waals surface area contributed by atoms with E-state index in [2.05, 4.69) is 31.1 Å². The summed E-state index contributed by atoms with van der Waals surface area (Å²) in [6, 6.07) is 7.63. The lowest BCUT2D eigenvalue weighted by atomic mass is 10.2. The molecule has 0 saturated heterocycles. The number of hydrogen-bond donors (Lipinski definition) is 1. The van der Waals surface area contributed by atoms with Crippen molar-refractivity contribution in [2.24, 2.45) is 0 Å². The Hall–Kier alpha value is -1.07. The average Bonchev–Trinajstić information content (AvgIpc) is 2.46. The summed E-state index contributed by atoms with van der Waals surface area (Å²) >= 11 is 0. The first-order valence-electron chi connectivity index (χ1n) is 7.67. The van der Waals surface area contributed by atoms with Crippen molar-refractivity contribution in [3.63, 3.8) is 0 Å². The standard InChI is InChI=1S/C16H28N2O2S/c1-5-13-21(19,20)16-9-7-15(8-10-16)17-11-12-18(4)14(3)6-2/h7-10,14,17H,5-6,11-13H2,1-4H3. The number of benzene rings is 1. The van der Waals surface area contributed by atoms with Crippen LogP contribution in [0.25, 0.3) is 0 Å². The van der Waals surface area contributed by atoms with E-state index in [4.69, 9.17) is 0 Å². The van der Waals surface area contributed by atoms with Gasteiger partial charge in [-0.25, -0.2) is 8.42 Å². The Balaban J connectivity index is 2.52. The molecule has 1 aromatic rings. The lowest BCUT2D eigenvalue weighted by Gasteiger charge is -2.23. The Morgan fingerprint density at radius 3 is 2.33 bits per heavy atom. The second-order valence-electron chi connectivity index (χ2n) is 5.51. The summed E-state index contributed by atoms with van der Waals surface area (Å²) in [7, 11) is -0.990. The van der Waals surface area contributed by atoms with Gasteiger partial charge in [-0.15, -0.1) is 0 Å². The van der Waals surface area contributed by atoms with E-state index in [1.165, 1.54) is 0 Å². The third-order valence-corrected chi connectivity index (χ3v) is 5.76. The predicted octanol–water partition coefficient (Wildman–Crippen LogP) is 3.01. The van der Waals surface area contributed by atoms with Gasteiger partial charge in [0.1, 0.15) is 0 Å². The smallest absolute Gasteiger partial charge is 0.178 e. The molecule has 1 N–H and O–H groups in total. The Labute approximate surface area is 129 Å². The van der Waals surface area contributed by atoms with E-state index < -0.39 is 9.84 Å². The Morgan fingerprint density at radius 1 is 1.19 bits per heavy atom. The highest BCUT2D eigenvalue weighted by Crippen LogP contribution is 2.16. The monoisotopic (exact) mass is 312 g/mol. The summed E-state index contributed by atoms with van der Waals surface area (Å²) in [5.41, 5.74) is 0.961. The molecule has 1 rings (SSSR count). The largest absolute Gasteiger partial charge is 0.384 e. The molecule has 21 heavy (non-hydrogen) atoms. The Morgan fingerprint density at radius 2 is 1.81 bits per heavy atom. The maximum absolute atomic E-state index is 11.9. The molecule has 0 fully saturated rings. The van der Waals surface area contributed by atoms with E-state index in [1.807, 2.05) is 19.1 Å². The molecule has 0 saturated carbocycles. The molecule has 0 amide bonds. The van der Waals surface area contributed by atoms with Crippen LogP contribution in [0.2, 0.25) is 0 Å². The van der Waals surface area contributed by atoms with Gasteiger partial charge in [0.25, 0.3) is 0 Å². The van der Waals surface area contributed by atoms with Crippen LogP contribution in [0.4, 0.5) is 5.69 Å². The van der Waals surface area contributed by atoms with Gasteiger partial charge in [-0.2, -0.15) is 0 Å². The minimum atomic E-state index is -3.11. The second kappa shape index (κ2) is 8.39. The molecule has 0 spiro atoms. The third kappa shape index (κ3) is 5.67. The number of nitrogens with one attached hydrogen (secondary N) is 1. The fourth-order valence-corrected chi connectivity index (χ4v) is 3.40. The lowest BCUT2D eigenvalue weighted by Crippen LogP contribution is -2.32. The van der Waals surface area contributed by atoms with Crippen LogP contribution in [-0.2, 0) is 9.84 Å². The van der Waals surface area contributed by atoms with Gasteiger partial charge in [0.05, 0.1) is 10.6 Å². The van der Waals surface area contributed by atoms with E-state index in [1.54, 1.807) is 12.1 Å². The van der Waals surface area contributed by atoms with Gasteiger partial charge >= 0.3 is 0 Å². The molecule has 120 valence electrons. The van der Waals surface area contributed by atoms with Gasteiger partial charge in [-0.05, 0) is 51.1 Å². The first kappa shape index (κ1) is 18.0. The van der Waals surface area contributed by atoms with Crippen LogP contribution < -0.4 is 5.32 Å². The Kier molecular flexibility index (Phi) is 7.18. The third-order valence-electron chi connectivity index (χ3n) is 3.82. The maximum Gasteiger partial charge on any atom is 0.178 e. The van der Waals surface area contributed by atoms with Gasteiger partial charge in [0.2, 0.25) is 0 Å². The highest BCUT2D eigenvalue weighted by molar-refractivity contribution is 7.91. The van der Waals surface area contributed by atoms with Crippen molar-refractivity contribution in [2.45, 2.75) is 44.6 Å². The van der Waals surface area contributed by atoms with Gasteiger partial charge in [-0.3, -0.25) is 0 Å². The van der Waals surface area contributed by atoms with Crippen molar-refractivity contribution < 1.29 is 8.42 Å².